The Labute approximate surface area is 239 Å². The van der Waals surface area contributed by atoms with E-state index in [9.17, 15) is 0 Å². The summed E-state index contributed by atoms with van der Waals surface area (Å²) in [7, 11) is 0. The summed E-state index contributed by atoms with van der Waals surface area (Å²) in [4.78, 5) is 5.00. The van der Waals surface area contributed by atoms with Gasteiger partial charge in [0.25, 0.3) is 6.71 Å². The molecular weight excluding hydrogens is 495 g/mol. The van der Waals surface area contributed by atoms with Crippen molar-refractivity contribution >= 4 is 78.8 Å². The minimum absolute atomic E-state index is 0.111. The lowest BCUT2D eigenvalue weighted by atomic mass is 9.33. The number of hydrogen-bond acceptors (Lipinski definition) is 2. The summed E-state index contributed by atoms with van der Waals surface area (Å²) in [6.45, 7) is 0.111. The van der Waals surface area contributed by atoms with Crippen LogP contribution in [0.2, 0.25) is 0 Å². The molecule has 2 nitrogen and oxygen atoms in total. The van der Waals surface area contributed by atoms with Gasteiger partial charge in [-0.3, -0.25) is 0 Å². The van der Waals surface area contributed by atoms with Crippen molar-refractivity contribution in [3.8, 4) is 0 Å². The molecule has 7 aromatic carbocycles. The molecule has 0 aliphatic carbocycles. The molecule has 2 heterocycles. The number of hydrogen-bond donors (Lipinski definition) is 0. The lowest BCUT2D eigenvalue weighted by Crippen LogP contribution is -2.61. The lowest BCUT2D eigenvalue weighted by Gasteiger charge is -2.45. The van der Waals surface area contributed by atoms with Gasteiger partial charge >= 0.3 is 0 Å². The minimum atomic E-state index is 0.111. The normalized spacial score (nSPS) is 13.2. The molecule has 0 amide bonds. The van der Waals surface area contributed by atoms with Gasteiger partial charge in [-0.15, -0.1) is 0 Å². The van der Waals surface area contributed by atoms with Gasteiger partial charge in [-0.25, -0.2) is 0 Å². The lowest BCUT2D eigenvalue weighted by molar-refractivity contribution is 1.27. The molecule has 0 fully saturated rings. The average Bonchev–Trinajstić information content (AvgIpc) is 3.05. The van der Waals surface area contributed by atoms with Gasteiger partial charge in [-0.2, -0.15) is 0 Å². The maximum absolute atomic E-state index is 2.51. The molecular formula is C38H25BN2. The summed E-state index contributed by atoms with van der Waals surface area (Å²) in [5.74, 6) is 0. The Balaban J connectivity index is 1.50. The molecule has 0 saturated carbocycles. The molecule has 0 atom stereocenters. The molecule has 9 rings (SSSR count). The van der Waals surface area contributed by atoms with Gasteiger partial charge in [-0.05, 0) is 63.6 Å². The Morgan fingerprint density at radius 3 is 1.68 bits per heavy atom. The van der Waals surface area contributed by atoms with E-state index in [0.29, 0.717) is 0 Å². The molecule has 7 aromatic rings. The van der Waals surface area contributed by atoms with Crippen LogP contribution < -0.4 is 26.2 Å². The van der Waals surface area contributed by atoms with Crippen molar-refractivity contribution in [2.45, 2.75) is 0 Å². The number of benzene rings is 7. The topological polar surface area (TPSA) is 6.48 Å². The van der Waals surface area contributed by atoms with E-state index in [1.54, 1.807) is 0 Å². The van der Waals surface area contributed by atoms with Gasteiger partial charge in [0.15, 0.2) is 0 Å². The van der Waals surface area contributed by atoms with E-state index >= 15 is 0 Å². The monoisotopic (exact) mass is 520 g/mol. The highest BCUT2D eigenvalue weighted by Crippen LogP contribution is 2.48. The van der Waals surface area contributed by atoms with Crippen LogP contribution in [-0.4, -0.2) is 6.71 Å². The van der Waals surface area contributed by atoms with E-state index in [2.05, 4.69) is 161 Å². The van der Waals surface area contributed by atoms with Gasteiger partial charge in [0.05, 0.1) is 5.69 Å². The first kappa shape index (κ1) is 22.5. The minimum Gasteiger partial charge on any atom is -0.311 e. The molecule has 0 unspecified atom stereocenters. The van der Waals surface area contributed by atoms with E-state index in [1.165, 1.54) is 72.1 Å². The van der Waals surface area contributed by atoms with Crippen LogP contribution in [0.5, 0.6) is 0 Å². The highest BCUT2D eigenvalue weighted by molar-refractivity contribution is 7.00. The van der Waals surface area contributed by atoms with Crippen LogP contribution in [0.1, 0.15) is 0 Å². The summed E-state index contributed by atoms with van der Waals surface area (Å²) in [6.07, 6.45) is 0. The third kappa shape index (κ3) is 3.15. The van der Waals surface area contributed by atoms with Gasteiger partial charge in [0, 0.05) is 39.2 Å². The van der Waals surface area contributed by atoms with Gasteiger partial charge in [0.2, 0.25) is 0 Å². The van der Waals surface area contributed by atoms with Crippen LogP contribution in [0.25, 0.3) is 21.5 Å². The Hall–Kier alpha value is -5.28. The first-order chi connectivity index (χ1) is 20.4. The Bertz CT molecular complexity index is 2120. The molecule has 2 aliphatic heterocycles. The average molecular weight is 520 g/mol. The molecule has 0 radical (unpaired) electrons. The molecule has 3 heteroatoms. The predicted octanol–water partition coefficient (Wildman–Crippen LogP) is 8.08. The van der Waals surface area contributed by atoms with E-state index in [1.807, 2.05) is 0 Å². The van der Waals surface area contributed by atoms with Gasteiger partial charge < -0.3 is 9.80 Å². The maximum atomic E-state index is 2.51. The standard InChI is InChI=1S/C38H25BN2/c1-3-15-28(16-4-1)40-34-22-12-11-21-32(34)39-33-24-23-26-13-7-9-19-30(26)37(33)41(29-17-5-2-6-18-29)35-25-27-14-8-10-20-31(27)38(40)36(35)39/h1-25H. The highest BCUT2D eigenvalue weighted by atomic mass is 15.2. The number of nitrogens with zero attached hydrogens (tertiary/aromatic N) is 2. The largest absolute Gasteiger partial charge is 0.311 e. The zero-order chi connectivity index (χ0) is 26.9. The summed E-state index contributed by atoms with van der Waals surface area (Å²) < 4.78 is 0. The molecule has 0 spiro atoms. The van der Waals surface area contributed by atoms with Crippen molar-refractivity contribution in [1.82, 2.24) is 0 Å². The van der Waals surface area contributed by atoms with E-state index < -0.39 is 0 Å². The fraction of sp³-hybridized carbons (Fsp3) is 0. The van der Waals surface area contributed by atoms with E-state index in [4.69, 9.17) is 0 Å². The van der Waals surface area contributed by atoms with Crippen LogP contribution in [0.4, 0.5) is 34.1 Å². The quantitative estimate of drug-likeness (QED) is 0.213. The Morgan fingerprint density at radius 2 is 0.951 bits per heavy atom. The highest BCUT2D eigenvalue weighted by Gasteiger charge is 2.44. The Morgan fingerprint density at radius 1 is 0.390 bits per heavy atom. The van der Waals surface area contributed by atoms with Crippen LogP contribution in [-0.2, 0) is 0 Å². The van der Waals surface area contributed by atoms with Crippen molar-refractivity contribution in [1.29, 1.82) is 0 Å². The van der Waals surface area contributed by atoms with E-state index in [-0.39, 0.29) is 6.71 Å². The third-order valence-corrected chi connectivity index (χ3v) is 8.78. The second-order valence-electron chi connectivity index (χ2n) is 10.9. The summed E-state index contributed by atoms with van der Waals surface area (Å²) in [5, 5.41) is 5.04. The summed E-state index contributed by atoms with van der Waals surface area (Å²) >= 11 is 0. The fourth-order valence-corrected chi connectivity index (χ4v) is 7.14. The van der Waals surface area contributed by atoms with Crippen molar-refractivity contribution in [3.05, 3.63) is 152 Å². The number of fused-ring (bicyclic) bond motifs is 8. The van der Waals surface area contributed by atoms with Gasteiger partial charge in [-0.1, -0.05) is 115 Å². The summed E-state index contributed by atoms with van der Waals surface area (Å²) in [5.41, 5.74) is 11.4. The third-order valence-electron chi connectivity index (χ3n) is 8.78. The van der Waals surface area contributed by atoms with Crippen LogP contribution in [0.15, 0.2) is 152 Å². The number of anilines is 6. The summed E-state index contributed by atoms with van der Waals surface area (Å²) in [6, 6.07) is 55.4. The van der Waals surface area contributed by atoms with Crippen LogP contribution in [0, 0.1) is 0 Å². The second-order valence-corrected chi connectivity index (χ2v) is 10.9. The first-order valence-electron chi connectivity index (χ1n) is 14.2. The van der Waals surface area contributed by atoms with Crippen molar-refractivity contribution < 1.29 is 0 Å². The maximum Gasteiger partial charge on any atom is 0.252 e. The Kier molecular flexibility index (Phi) is 4.73. The smallest absolute Gasteiger partial charge is 0.252 e. The first-order valence-corrected chi connectivity index (χ1v) is 14.2. The van der Waals surface area contributed by atoms with Crippen molar-refractivity contribution in [2.75, 3.05) is 9.80 Å². The number of rotatable bonds is 2. The SMILES string of the molecule is c1ccc(N2c3cc4ccccc4c4c3B(c3ccccc3N4c3ccccc3)c3ccc4ccccc4c32)cc1. The molecule has 41 heavy (non-hydrogen) atoms. The zero-order valence-corrected chi connectivity index (χ0v) is 22.4. The van der Waals surface area contributed by atoms with Crippen LogP contribution in [0.3, 0.4) is 0 Å². The van der Waals surface area contributed by atoms with E-state index in [0.717, 1.165) is 0 Å². The second kappa shape index (κ2) is 8.61. The predicted molar refractivity (Wildman–Crippen MR) is 175 cm³/mol. The molecule has 2 aliphatic rings. The molecule has 0 N–H and O–H groups in total. The molecule has 0 aromatic heterocycles. The molecule has 190 valence electrons. The van der Waals surface area contributed by atoms with Crippen LogP contribution >= 0.6 is 0 Å². The molecule has 0 bridgehead atoms. The van der Waals surface area contributed by atoms with Gasteiger partial charge in [0.1, 0.15) is 0 Å². The fourth-order valence-electron chi connectivity index (χ4n) is 7.14. The van der Waals surface area contributed by atoms with Crippen molar-refractivity contribution in [3.63, 3.8) is 0 Å². The molecule has 0 saturated heterocycles. The van der Waals surface area contributed by atoms with Crippen molar-refractivity contribution in [2.24, 2.45) is 0 Å². The number of para-hydroxylation sites is 3. The zero-order valence-electron chi connectivity index (χ0n) is 22.4.